The molecule has 2 heterocycles. The Bertz CT molecular complexity index is 723. The highest BCUT2D eigenvalue weighted by Gasteiger charge is 2.21. The van der Waals surface area contributed by atoms with E-state index in [4.69, 9.17) is 4.74 Å². The lowest BCUT2D eigenvalue weighted by molar-refractivity contribution is -0.134. The minimum atomic E-state index is -0.438. The van der Waals surface area contributed by atoms with Gasteiger partial charge < -0.3 is 20.7 Å². The van der Waals surface area contributed by atoms with Crippen LogP contribution in [0.2, 0.25) is 0 Å². The van der Waals surface area contributed by atoms with Crippen molar-refractivity contribution in [3.05, 3.63) is 59.9 Å². The van der Waals surface area contributed by atoms with Crippen LogP contribution in [0.4, 0.5) is 5.69 Å². The van der Waals surface area contributed by atoms with Crippen LogP contribution in [0.5, 0.6) is 0 Å². The van der Waals surface area contributed by atoms with Crippen LogP contribution in [0.15, 0.2) is 48.8 Å². The van der Waals surface area contributed by atoms with E-state index in [9.17, 15) is 9.59 Å². The van der Waals surface area contributed by atoms with Gasteiger partial charge in [-0.3, -0.25) is 14.6 Å². The molecule has 1 saturated heterocycles. The molecule has 1 aromatic heterocycles. The third kappa shape index (κ3) is 6.80. The normalized spacial score (nSPS) is 15.6. The molecule has 7 nitrogen and oxygen atoms in total. The molecule has 9 heteroatoms. The Hall–Kier alpha value is -2.19. The predicted octanol–water partition coefficient (Wildman–Crippen LogP) is 1.78. The molecule has 1 aliphatic rings. The van der Waals surface area contributed by atoms with Crippen LogP contribution in [0.25, 0.3) is 0 Å². The number of rotatable bonds is 5. The van der Waals surface area contributed by atoms with Gasteiger partial charge >= 0.3 is 0 Å². The SMILES string of the molecule is Cl.Cl.O=C(Nc1ccc(CNC(=O)C2CNCCO2)cc1)c1cccnc1. The van der Waals surface area contributed by atoms with Crippen LogP contribution in [0.1, 0.15) is 15.9 Å². The molecule has 0 saturated carbocycles. The molecule has 146 valence electrons. The Balaban J connectivity index is 0.00000182. The van der Waals surface area contributed by atoms with Gasteiger partial charge in [-0.25, -0.2) is 0 Å². The van der Waals surface area contributed by atoms with E-state index < -0.39 is 6.10 Å². The highest BCUT2D eigenvalue weighted by atomic mass is 35.5. The molecule has 0 aliphatic carbocycles. The van der Waals surface area contributed by atoms with Crippen molar-refractivity contribution < 1.29 is 14.3 Å². The summed E-state index contributed by atoms with van der Waals surface area (Å²) in [5.74, 6) is -0.336. The monoisotopic (exact) mass is 412 g/mol. The summed E-state index contributed by atoms with van der Waals surface area (Å²) < 4.78 is 5.41. The van der Waals surface area contributed by atoms with Crippen molar-refractivity contribution in [2.75, 3.05) is 25.0 Å². The van der Waals surface area contributed by atoms with Gasteiger partial charge in [-0.1, -0.05) is 12.1 Å². The van der Waals surface area contributed by atoms with E-state index in [1.165, 1.54) is 6.20 Å². The van der Waals surface area contributed by atoms with Gasteiger partial charge in [-0.15, -0.1) is 24.8 Å². The van der Waals surface area contributed by atoms with Crippen molar-refractivity contribution in [2.45, 2.75) is 12.6 Å². The Morgan fingerprint density at radius 3 is 2.59 bits per heavy atom. The standard InChI is InChI=1S/C18H20N4O3.2ClH/c23-17(14-2-1-7-19-11-14)22-15-5-3-13(4-6-15)10-21-18(24)16-12-20-8-9-25-16;;/h1-7,11,16,20H,8-10,12H2,(H,21,24)(H,22,23);2*1H. The maximum absolute atomic E-state index is 12.1. The number of carbonyl (C=O) groups excluding carboxylic acids is 2. The first-order chi connectivity index (χ1) is 12.2. The Labute approximate surface area is 170 Å². The number of carbonyl (C=O) groups is 2. The number of hydrogen-bond acceptors (Lipinski definition) is 5. The molecule has 1 aromatic carbocycles. The fraction of sp³-hybridized carbons (Fsp3) is 0.278. The number of benzene rings is 1. The lowest BCUT2D eigenvalue weighted by Crippen LogP contribution is -2.47. The number of nitrogens with zero attached hydrogens (tertiary/aromatic N) is 1. The van der Waals surface area contributed by atoms with Crippen LogP contribution >= 0.6 is 24.8 Å². The zero-order valence-corrected chi connectivity index (χ0v) is 16.1. The number of anilines is 1. The molecule has 2 amide bonds. The number of hydrogen-bond donors (Lipinski definition) is 3. The number of morpholine rings is 1. The summed E-state index contributed by atoms with van der Waals surface area (Å²) in [6.07, 6.45) is 2.70. The van der Waals surface area contributed by atoms with Crippen LogP contribution in [0, 0.1) is 0 Å². The lowest BCUT2D eigenvalue weighted by Gasteiger charge is -2.22. The largest absolute Gasteiger partial charge is 0.366 e. The first-order valence-corrected chi connectivity index (χ1v) is 8.13. The van der Waals surface area contributed by atoms with E-state index in [1.807, 2.05) is 12.1 Å². The van der Waals surface area contributed by atoms with Crippen molar-refractivity contribution in [1.29, 1.82) is 0 Å². The Morgan fingerprint density at radius 2 is 1.96 bits per heavy atom. The average Bonchev–Trinajstić information content (AvgIpc) is 2.68. The quantitative estimate of drug-likeness (QED) is 0.695. The molecule has 2 aromatic rings. The molecular weight excluding hydrogens is 391 g/mol. The van der Waals surface area contributed by atoms with Gasteiger partial charge in [0.1, 0.15) is 6.10 Å². The molecule has 0 radical (unpaired) electrons. The molecule has 1 unspecified atom stereocenters. The maximum atomic E-state index is 12.1. The molecule has 1 fully saturated rings. The highest BCUT2D eigenvalue weighted by Crippen LogP contribution is 2.11. The van der Waals surface area contributed by atoms with E-state index in [1.54, 1.807) is 30.5 Å². The molecular formula is C18H22Cl2N4O3. The first kappa shape index (κ1) is 22.9. The Morgan fingerprint density at radius 1 is 1.19 bits per heavy atom. The molecule has 3 N–H and O–H groups in total. The second-order valence-corrected chi connectivity index (χ2v) is 5.67. The average molecular weight is 413 g/mol. The predicted molar refractivity (Wildman–Crippen MR) is 108 cm³/mol. The van der Waals surface area contributed by atoms with Gasteiger partial charge in [0.05, 0.1) is 12.2 Å². The highest BCUT2D eigenvalue weighted by molar-refractivity contribution is 6.04. The van der Waals surface area contributed by atoms with Crippen molar-refractivity contribution in [2.24, 2.45) is 0 Å². The third-order valence-electron chi connectivity index (χ3n) is 3.82. The first-order valence-electron chi connectivity index (χ1n) is 8.13. The number of ether oxygens (including phenoxy) is 1. The van der Waals surface area contributed by atoms with Crippen LogP contribution < -0.4 is 16.0 Å². The molecule has 0 spiro atoms. The van der Waals surface area contributed by atoms with Crippen molar-refractivity contribution in [1.82, 2.24) is 15.6 Å². The van der Waals surface area contributed by atoms with Gasteiger partial charge in [0.15, 0.2) is 0 Å². The number of halogens is 2. The second kappa shape index (κ2) is 11.5. The fourth-order valence-corrected chi connectivity index (χ4v) is 2.44. The summed E-state index contributed by atoms with van der Waals surface area (Å²) in [4.78, 5) is 28.0. The van der Waals surface area contributed by atoms with E-state index in [0.29, 0.717) is 30.9 Å². The van der Waals surface area contributed by atoms with Crippen LogP contribution in [0.3, 0.4) is 0 Å². The van der Waals surface area contributed by atoms with E-state index in [-0.39, 0.29) is 36.6 Å². The van der Waals surface area contributed by atoms with Gasteiger partial charge in [0, 0.05) is 37.7 Å². The minimum absolute atomic E-state index is 0. The number of nitrogens with one attached hydrogen (secondary N) is 3. The zero-order valence-electron chi connectivity index (χ0n) is 14.5. The molecule has 0 bridgehead atoms. The lowest BCUT2D eigenvalue weighted by atomic mass is 10.2. The summed E-state index contributed by atoms with van der Waals surface area (Å²) in [6.45, 7) is 2.26. The minimum Gasteiger partial charge on any atom is -0.366 e. The Kier molecular flexibility index (Phi) is 9.74. The molecule has 1 aliphatic heterocycles. The van der Waals surface area contributed by atoms with Crippen molar-refractivity contribution >= 4 is 42.3 Å². The zero-order chi connectivity index (χ0) is 17.5. The topological polar surface area (TPSA) is 92.4 Å². The van der Waals surface area contributed by atoms with Crippen molar-refractivity contribution in [3.63, 3.8) is 0 Å². The summed E-state index contributed by atoms with van der Waals surface area (Å²) in [6, 6.07) is 10.7. The molecule has 1 atom stereocenters. The summed E-state index contributed by atoms with van der Waals surface area (Å²) in [5.41, 5.74) is 2.13. The second-order valence-electron chi connectivity index (χ2n) is 5.67. The third-order valence-corrected chi connectivity index (χ3v) is 3.82. The number of pyridine rings is 1. The smallest absolute Gasteiger partial charge is 0.257 e. The van der Waals surface area contributed by atoms with Crippen LogP contribution in [-0.4, -0.2) is 42.6 Å². The fourth-order valence-electron chi connectivity index (χ4n) is 2.44. The molecule has 3 rings (SSSR count). The van der Waals surface area contributed by atoms with Gasteiger partial charge in [-0.05, 0) is 29.8 Å². The van der Waals surface area contributed by atoms with E-state index in [0.717, 1.165) is 12.1 Å². The van der Waals surface area contributed by atoms with Gasteiger partial charge in [0.2, 0.25) is 0 Å². The summed E-state index contributed by atoms with van der Waals surface area (Å²) in [7, 11) is 0. The van der Waals surface area contributed by atoms with E-state index >= 15 is 0 Å². The number of amides is 2. The van der Waals surface area contributed by atoms with Crippen LogP contribution in [-0.2, 0) is 16.1 Å². The van der Waals surface area contributed by atoms with Gasteiger partial charge in [0.25, 0.3) is 11.8 Å². The van der Waals surface area contributed by atoms with E-state index in [2.05, 4.69) is 20.9 Å². The number of aromatic nitrogens is 1. The van der Waals surface area contributed by atoms with Gasteiger partial charge in [-0.2, -0.15) is 0 Å². The maximum Gasteiger partial charge on any atom is 0.257 e. The summed E-state index contributed by atoms with van der Waals surface area (Å²) in [5, 5.41) is 8.79. The van der Waals surface area contributed by atoms with Crippen molar-refractivity contribution in [3.8, 4) is 0 Å². The molecule has 27 heavy (non-hydrogen) atoms. The summed E-state index contributed by atoms with van der Waals surface area (Å²) >= 11 is 0.